The molecular formula is C16H17N3O3S. The van der Waals surface area contributed by atoms with Crippen molar-refractivity contribution in [1.29, 1.82) is 0 Å². The normalized spacial score (nSPS) is 20.9. The van der Waals surface area contributed by atoms with E-state index < -0.39 is 11.9 Å². The molecule has 1 aromatic rings. The summed E-state index contributed by atoms with van der Waals surface area (Å²) in [6, 6.07) is 0. The molecule has 0 aromatic carbocycles. The Hall–Kier alpha value is -2.28. The second-order valence-corrected chi connectivity index (χ2v) is 6.15. The third kappa shape index (κ3) is 2.96. The molecule has 120 valence electrons. The molecule has 1 amide bonds. The number of thioether (sulfide) groups is 1. The lowest BCUT2D eigenvalue weighted by molar-refractivity contribution is -0.115. The molecule has 1 aromatic heterocycles. The van der Waals surface area contributed by atoms with Gasteiger partial charge in [-0.1, -0.05) is 42.1 Å². The Labute approximate surface area is 138 Å². The monoisotopic (exact) mass is 331 g/mol. The molecule has 6 nitrogen and oxygen atoms in total. The molecule has 0 bridgehead atoms. The van der Waals surface area contributed by atoms with E-state index in [-0.39, 0.29) is 24.2 Å². The molecule has 0 fully saturated rings. The average molecular weight is 331 g/mol. The molecule has 2 aliphatic rings. The lowest BCUT2D eigenvalue weighted by atomic mass is 9.86. The van der Waals surface area contributed by atoms with Crippen LogP contribution < -0.4 is 5.73 Å². The number of carbonyl (C=O) groups is 2. The van der Waals surface area contributed by atoms with E-state index in [2.05, 4.69) is 17.1 Å². The zero-order chi connectivity index (χ0) is 16.4. The Bertz CT molecular complexity index is 733. The van der Waals surface area contributed by atoms with Crippen molar-refractivity contribution < 1.29 is 14.3 Å². The number of aromatic nitrogens is 2. The van der Waals surface area contributed by atoms with Gasteiger partial charge in [0.05, 0.1) is 12.4 Å². The minimum atomic E-state index is -0.454. The van der Waals surface area contributed by atoms with Crippen molar-refractivity contribution in [3.05, 3.63) is 41.9 Å². The van der Waals surface area contributed by atoms with Crippen molar-refractivity contribution in [2.45, 2.75) is 17.9 Å². The molecule has 0 saturated heterocycles. The largest absolute Gasteiger partial charge is 0.461 e. The smallest absolute Gasteiger partial charge is 0.358 e. The van der Waals surface area contributed by atoms with Gasteiger partial charge in [-0.2, -0.15) is 0 Å². The number of nitrogens with zero attached hydrogens (tertiary/aromatic N) is 2. The number of ether oxygens (including phenoxy) is 1. The summed E-state index contributed by atoms with van der Waals surface area (Å²) in [5, 5.41) is 0.477. The van der Waals surface area contributed by atoms with Crippen LogP contribution in [0.5, 0.6) is 0 Å². The van der Waals surface area contributed by atoms with Crippen LogP contribution in [-0.2, 0) is 9.53 Å². The molecule has 0 spiro atoms. The van der Waals surface area contributed by atoms with E-state index in [1.54, 1.807) is 11.5 Å². The molecule has 3 rings (SSSR count). The number of rotatable bonds is 5. The van der Waals surface area contributed by atoms with Gasteiger partial charge in [0.1, 0.15) is 10.9 Å². The van der Waals surface area contributed by atoms with Gasteiger partial charge in [0.25, 0.3) is 0 Å². The Kier molecular flexibility index (Phi) is 4.38. The van der Waals surface area contributed by atoms with E-state index in [1.165, 1.54) is 0 Å². The first-order valence-corrected chi connectivity index (χ1v) is 8.34. The van der Waals surface area contributed by atoms with Gasteiger partial charge in [-0.05, 0) is 6.92 Å². The Morgan fingerprint density at radius 3 is 2.87 bits per heavy atom. The number of fused-ring (bicyclic) bond motifs is 3. The first kappa shape index (κ1) is 15.6. The average Bonchev–Trinajstić information content (AvgIpc) is 2.92. The van der Waals surface area contributed by atoms with Gasteiger partial charge >= 0.3 is 5.97 Å². The van der Waals surface area contributed by atoms with Crippen molar-refractivity contribution in [1.82, 2.24) is 9.55 Å². The van der Waals surface area contributed by atoms with E-state index in [9.17, 15) is 9.59 Å². The number of allylic oxidation sites excluding steroid dienone is 5. The Balaban J connectivity index is 2.04. The molecule has 0 saturated carbocycles. The fourth-order valence-electron chi connectivity index (χ4n) is 2.69. The third-order valence-corrected chi connectivity index (χ3v) is 4.65. The van der Waals surface area contributed by atoms with E-state index in [0.717, 1.165) is 17.6 Å². The van der Waals surface area contributed by atoms with Crippen LogP contribution in [-0.4, -0.2) is 33.8 Å². The number of primary amides is 1. The highest BCUT2D eigenvalue weighted by molar-refractivity contribution is 8.00. The molecule has 1 aliphatic carbocycles. The minimum Gasteiger partial charge on any atom is -0.461 e. The van der Waals surface area contributed by atoms with Crippen molar-refractivity contribution in [3.63, 3.8) is 0 Å². The maximum Gasteiger partial charge on any atom is 0.358 e. The molecule has 2 heterocycles. The molecule has 2 unspecified atom stereocenters. The van der Waals surface area contributed by atoms with Gasteiger partial charge in [-0.25, -0.2) is 9.78 Å². The zero-order valence-corrected chi connectivity index (χ0v) is 13.5. The standard InChI is InChI=1S/C16H17N3O3S/c1-2-22-16(21)13-15(23-9-12(17)20)18-14-11-6-4-3-5-10(11)7-8-19(13)14/h3-8,10-11H,2,9H2,1H3,(H2,17,20). The maximum atomic E-state index is 12.3. The molecule has 0 radical (unpaired) electrons. The fourth-order valence-corrected chi connectivity index (χ4v) is 3.45. The topological polar surface area (TPSA) is 87.2 Å². The number of carbonyl (C=O) groups excluding carboxylic acids is 2. The fraction of sp³-hybridized carbons (Fsp3) is 0.312. The lowest BCUT2D eigenvalue weighted by Gasteiger charge is -2.25. The number of hydrogen-bond donors (Lipinski definition) is 1. The van der Waals surface area contributed by atoms with Crippen LogP contribution in [0.4, 0.5) is 0 Å². The van der Waals surface area contributed by atoms with Crippen molar-refractivity contribution in [2.24, 2.45) is 11.7 Å². The summed E-state index contributed by atoms with van der Waals surface area (Å²) in [7, 11) is 0. The summed E-state index contributed by atoms with van der Waals surface area (Å²) < 4.78 is 6.90. The van der Waals surface area contributed by atoms with Crippen molar-refractivity contribution in [2.75, 3.05) is 12.4 Å². The second kappa shape index (κ2) is 6.45. The Morgan fingerprint density at radius 1 is 1.35 bits per heavy atom. The number of nitrogens with two attached hydrogens (primary N) is 1. The van der Waals surface area contributed by atoms with Crippen LogP contribution in [0.25, 0.3) is 6.20 Å². The summed E-state index contributed by atoms with van der Waals surface area (Å²) >= 11 is 1.16. The van der Waals surface area contributed by atoms with Crippen LogP contribution >= 0.6 is 11.8 Å². The van der Waals surface area contributed by atoms with E-state index in [1.807, 2.05) is 24.4 Å². The van der Waals surface area contributed by atoms with Crippen LogP contribution in [0.3, 0.4) is 0 Å². The molecule has 1 aliphatic heterocycles. The van der Waals surface area contributed by atoms with Crippen LogP contribution in [0.2, 0.25) is 0 Å². The number of imidazole rings is 1. The molecule has 2 atom stereocenters. The third-order valence-electron chi connectivity index (χ3n) is 3.66. The predicted octanol–water partition coefficient (Wildman–Crippen LogP) is 1.95. The second-order valence-electron chi connectivity index (χ2n) is 5.18. The summed E-state index contributed by atoms with van der Waals surface area (Å²) in [6.45, 7) is 2.03. The van der Waals surface area contributed by atoms with E-state index in [0.29, 0.717) is 10.7 Å². The van der Waals surface area contributed by atoms with E-state index >= 15 is 0 Å². The highest BCUT2D eigenvalue weighted by atomic mass is 32.2. The SMILES string of the molecule is CCOC(=O)c1c(SCC(N)=O)nc2n1C=CC1C=CC=CC21. The van der Waals surface area contributed by atoms with Crippen molar-refractivity contribution in [3.8, 4) is 0 Å². The quantitative estimate of drug-likeness (QED) is 0.658. The van der Waals surface area contributed by atoms with Gasteiger partial charge in [0.15, 0.2) is 5.69 Å². The first-order valence-electron chi connectivity index (χ1n) is 7.35. The summed E-state index contributed by atoms with van der Waals surface area (Å²) in [4.78, 5) is 28.0. The minimum absolute atomic E-state index is 0.0659. The number of esters is 1. The highest BCUT2D eigenvalue weighted by Crippen LogP contribution is 2.37. The highest BCUT2D eigenvalue weighted by Gasteiger charge is 2.32. The molecule has 7 heteroatoms. The summed E-state index contributed by atoms with van der Waals surface area (Å²) in [5.74, 6) is 0.227. The molecule has 23 heavy (non-hydrogen) atoms. The van der Waals surface area contributed by atoms with Gasteiger partial charge in [-0.3, -0.25) is 9.36 Å². The number of amides is 1. The maximum absolute atomic E-state index is 12.3. The lowest BCUT2D eigenvalue weighted by Crippen LogP contribution is -2.20. The van der Waals surface area contributed by atoms with Gasteiger partial charge in [0.2, 0.25) is 5.91 Å². The Morgan fingerprint density at radius 2 is 2.13 bits per heavy atom. The van der Waals surface area contributed by atoms with Crippen molar-refractivity contribution >= 4 is 29.8 Å². The van der Waals surface area contributed by atoms with E-state index in [4.69, 9.17) is 10.5 Å². The van der Waals surface area contributed by atoms with Crippen LogP contribution in [0, 0.1) is 5.92 Å². The van der Waals surface area contributed by atoms with Crippen LogP contribution in [0.1, 0.15) is 29.2 Å². The zero-order valence-electron chi connectivity index (χ0n) is 12.6. The van der Waals surface area contributed by atoms with Gasteiger partial charge < -0.3 is 10.5 Å². The summed E-state index contributed by atoms with van der Waals surface area (Å²) in [6.07, 6.45) is 12.0. The first-order chi connectivity index (χ1) is 11.1. The van der Waals surface area contributed by atoms with Gasteiger partial charge in [0, 0.05) is 18.0 Å². The number of hydrogen-bond acceptors (Lipinski definition) is 5. The molecule has 2 N–H and O–H groups in total. The predicted molar refractivity (Wildman–Crippen MR) is 87.9 cm³/mol. The van der Waals surface area contributed by atoms with Crippen LogP contribution in [0.15, 0.2) is 35.4 Å². The molecular weight excluding hydrogens is 314 g/mol. The van der Waals surface area contributed by atoms with Gasteiger partial charge in [-0.15, -0.1) is 0 Å². The summed E-state index contributed by atoms with van der Waals surface area (Å²) in [5.41, 5.74) is 5.56.